The van der Waals surface area contributed by atoms with Crippen LogP contribution in [-0.2, 0) is 14.6 Å². The zero-order valence-electron chi connectivity index (χ0n) is 10.9. The van der Waals surface area contributed by atoms with Crippen molar-refractivity contribution in [3.63, 3.8) is 0 Å². The average molecular weight is 286 g/mol. The largest absolute Gasteiger partial charge is 0.494 e. The molecular formula is C12H18N2O4S. The van der Waals surface area contributed by atoms with E-state index < -0.39 is 21.3 Å². The average Bonchev–Trinajstić information content (AvgIpc) is 2.28. The maximum Gasteiger partial charge on any atom is 0.237 e. The van der Waals surface area contributed by atoms with E-state index >= 15 is 0 Å². The molecule has 7 heteroatoms. The van der Waals surface area contributed by atoms with E-state index in [1.807, 2.05) is 0 Å². The Hall–Kier alpha value is -1.60. The van der Waals surface area contributed by atoms with Gasteiger partial charge in [-0.25, -0.2) is 8.42 Å². The van der Waals surface area contributed by atoms with Crippen molar-refractivity contribution in [2.24, 2.45) is 11.5 Å². The summed E-state index contributed by atoms with van der Waals surface area (Å²) in [7, 11) is -3.21. The monoisotopic (exact) mass is 286 g/mol. The standard InChI is InChI=1S/C12H18N2O4S/c1-12(14,11(13)15)7-8-18-9-3-5-10(6-4-9)19(2,16)17/h3-6H,7-8,14H2,1-2H3,(H2,13,15). The minimum atomic E-state index is -3.21. The lowest BCUT2D eigenvalue weighted by Gasteiger charge is -2.20. The van der Waals surface area contributed by atoms with Crippen molar-refractivity contribution >= 4 is 15.7 Å². The van der Waals surface area contributed by atoms with Gasteiger partial charge in [-0.3, -0.25) is 4.79 Å². The van der Waals surface area contributed by atoms with Gasteiger partial charge in [0, 0.05) is 12.7 Å². The summed E-state index contributed by atoms with van der Waals surface area (Å²) in [6, 6.07) is 6.02. The van der Waals surface area contributed by atoms with Crippen LogP contribution in [0.1, 0.15) is 13.3 Å². The molecule has 0 fully saturated rings. The molecule has 19 heavy (non-hydrogen) atoms. The van der Waals surface area contributed by atoms with Gasteiger partial charge in [-0.1, -0.05) is 0 Å². The number of sulfone groups is 1. The van der Waals surface area contributed by atoms with E-state index in [0.29, 0.717) is 5.75 Å². The molecule has 0 aliphatic heterocycles. The smallest absolute Gasteiger partial charge is 0.237 e. The first kappa shape index (κ1) is 15.5. The molecule has 1 aromatic rings. The molecule has 0 aliphatic rings. The van der Waals surface area contributed by atoms with E-state index in [9.17, 15) is 13.2 Å². The molecule has 4 N–H and O–H groups in total. The molecule has 0 saturated carbocycles. The third-order valence-corrected chi connectivity index (χ3v) is 3.83. The van der Waals surface area contributed by atoms with E-state index in [0.717, 1.165) is 6.26 Å². The lowest BCUT2D eigenvalue weighted by atomic mass is 9.99. The van der Waals surface area contributed by atoms with Crippen molar-refractivity contribution in [1.82, 2.24) is 0 Å². The Morgan fingerprint density at radius 2 is 1.84 bits per heavy atom. The minimum Gasteiger partial charge on any atom is -0.494 e. The first-order chi connectivity index (χ1) is 8.63. The van der Waals surface area contributed by atoms with Crippen LogP contribution in [0.4, 0.5) is 0 Å². The van der Waals surface area contributed by atoms with Crippen LogP contribution in [0.5, 0.6) is 5.75 Å². The van der Waals surface area contributed by atoms with Crippen LogP contribution in [0.2, 0.25) is 0 Å². The van der Waals surface area contributed by atoms with Gasteiger partial charge in [0.15, 0.2) is 9.84 Å². The third kappa shape index (κ3) is 4.53. The van der Waals surface area contributed by atoms with Crippen LogP contribution in [0, 0.1) is 0 Å². The van der Waals surface area contributed by atoms with Crippen molar-refractivity contribution in [1.29, 1.82) is 0 Å². The highest BCUT2D eigenvalue weighted by Gasteiger charge is 2.25. The van der Waals surface area contributed by atoms with Crippen molar-refractivity contribution in [3.8, 4) is 5.75 Å². The molecular weight excluding hydrogens is 268 g/mol. The number of nitrogens with two attached hydrogens (primary N) is 2. The Kier molecular flexibility index (Phi) is 4.54. The molecule has 0 spiro atoms. The second-order valence-corrected chi connectivity index (χ2v) is 6.64. The van der Waals surface area contributed by atoms with Crippen LogP contribution in [0.3, 0.4) is 0 Å². The summed E-state index contributed by atoms with van der Waals surface area (Å²) >= 11 is 0. The molecule has 1 aromatic carbocycles. The van der Waals surface area contributed by atoms with Crippen LogP contribution in [0.15, 0.2) is 29.2 Å². The molecule has 0 bridgehead atoms. The van der Waals surface area contributed by atoms with Crippen molar-refractivity contribution in [2.45, 2.75) is 23.8 Å². The predicted octanol–water partition coefficient (Wildman–Crippen LogP) is 0.0617. The fourth-order valence-electron chi connectivity index (χ4n) is 1.29. The maximum absolute atomic E-state index is 11.3. The highest BCUT2D eigenvalue weighted by atomic mass is 32.2. The Morgan fingerprint density at radius 1 is 1.32 bits per heavy atom. The van der Waals surface area contributed by atoms with E-state index in [-0.39, 0.29) is 17.9 Å². The number of benzene rings is 1. The topological polar surface area (TPSA) is 112 Å². The SMILES string of the molecule is CC(N)(CCOc1ccc(S(C)(=O)=O)cc1)C(N)=O. The molecule has 1 atom stereocenters. The third-order valence-electron chi connectivity index (χ3n) is 2.70. The molecule has 106 valence electrons. The van der Waals surface area contributed by atoms with Gasteiger partial charge in [0.25, 0.3) is 0 Å². The molecule has 0 aromatic heterocycles. The lowest BCUT2D eigenvalue weighted by molar-refractivity contribution is -0.123. The highest BCUT2D eigenvalue weighted by molar-refractivity contribution is 7.90. The number of hydrogen-bond acceptors (Lipinski definition) is 5. The first-order valence-electron chi connectivity index (χ1n) is 5.64. The summed E-state index contributed by atoms with van der Waals surface area (Å²) < 4.78 is 27.9. The lowest BCUT2D eigenvalue weighted by Crippen LogP contribution is -2.50. The summed E-state index contributed by atoms with van der Waals surface area (Å²) in [5.41, 5.74) is 9.68. The molecule has 0 saturated heterocycles. The first-order valence-corrected chi connectivity index (χ1v) is 7.54. The van der Waals surface area contributed by atoms with Gasteiger partial charge < -0.3 is 16.2 Å². The number of hydrogen-bond donors (Lipinski definition) is 2. The molecule has 1 rings (SSSR count). The molecule has 0 radical (unpaired) electrons. The zero-order chi connectivity index (χ0) is 14.7. The molecule has 6 nitrogen and oxygen atoms in total. The van der Waals surface area contributed by atoms with Crippen molar-refractivity contribution in [3.05, 3.63) is 24.3 Å². The van der Waals surface area contributed by atoms with Crippen LogP contribution in [0.25, 0.3) is 0 Å². The Labute approximate surface area is 112 Å². The molecule has 0 heterocycles. The number of carbonyl (C=O) groups excluding carboxylic acids is 1. The van der Waals surface area contributed by atoms with Gasteiger partial charge in [-0.05, 0) is 31.2 Å². The Morgan fingerprint density at radius 3 is 2.26 bits per heavy atom. The van der Waals surface area contributed by atoms with Gasteiger partial charge in [0.1, 0.15) is 5.75 Å². The highest BCUT2D eigenvalue weighted by Crippen LogP contribution is 2.16. The van der Waals surface area contributed by atoms with Gasteiger partial charge in [-0.15, -0.1) is 0 Å². The summed E-state index contributed by atoms with van der Waals surface area (Å²) in [5, 5.41) is 0. The minimum absolute atomic E-state index is 0.216. The summed E-state index contributed by atoms with van der Waals surface area (Å²) in [6.45, 7) is 1.75. The second-order valence-electron chi connectivity index (χ2n) is 4.62. The zero-order valence-corrected chi connectivity index (χ0v) is 11.7. The molecule has 0 aliphatic carbocycles. The normalized spacial score (nSPS) is 14.7. The van der Waals surface area contributed by atoms with Crippen molar-refractivity contribution < 1.29 is 17.9 Å². The van der Waals surface area contributed by atoms with E-state index in [4.69, 9.17) is 16.2 Å². The molecule has 1 unspecified atom stereocenters. The molecule has 1 amide bonds. The van der Waals surface area contributed by atoms with E-state index in [1.165, 1.54) is 19.1 Å². The second kappa shape index (κ2) is 5.58. The summed E-state index contributed by atoms with van der Waals surface area (Å²) in [4.78, 5) is 11.2. The van der Waals surface area contributed by atoms with Crippen LogP contribution < -0.4 is 16.2 Å². The summed E-state index contributed by atoms with van der Waals surface area (Å²) in [6.07, 6.45) is 1.41. The number of primary amides is 1. The van der Waals surface area contributed by atoms with Crippen molar-refractivity contribution in [2.75, 3.05) is 12.9 Å². The number of carbonyl (C=O) groups is 1. The van der Waals surface area contributed by atoms with Gasteiger partial charge in [0.2, 0.25) is 5.91 Å². The number of amides is 1. The fourth-order valence-corrected chi connectivity index (χ4v) is 1.92. The van der Waals surface area contributed by atoms with Crippen LogP contribution >= 0.6 is 0 Å². The van der Waals surface area contributed by atoms with E-state index in [1.54, 1.807) is 12.1 Å². The maximum atomic E-state index is 11.3. The Balaban J connectivity index is 2.59. The predicted molar refractivity (Wildman–Crippen MR) is 71.5 cm³/mol. The van der Waals surface area contributed by atoms with Gasteiger partial charge in [0.05, 0.1) is 17.0 Å². The number of ether oxygens (including phenoxy) is 1. The van der Waals surface area contributed by atoms with Gasteiger partial charge in [-0.2, -0.15) is 0 Å². The quantitative estimate of drug-likeness (QED) is 0.768. The number of rotatable bonds is 6. The summed E-state index contributed by atoms with van der Waals surface area (Å²) in [5.74, 6) is -0.0869. The van der Waals surface area contributed by atoms with Gasteiger partial charge >= 0.3 is 0 Å². The van der Waals surface area contributed by atoms with E-state index in [2.05, 4.69) is 0 Å². The fraction of sp³-hybridized carbons (Fsp3) is 0.417. The van der Waals surface area contributed by atoms with Crippen LogP contribution in [-0.4, -0.2) is 32.7 Å². The Bertz CT molecular complexity index is 550.